The van der Waals surface area contributed by atoms with Crippen LogP contribution in [0.15, 0.2) is 42.5 Å². The molecule has 0 bridgehead atoms. The minimum Gasteiger partial charge on any atom is -0.378 e. The molecule has 0 aliphatic heterocycles. The van der Waals surface area contributed by atoms with Crippen LogP contribution in [-0.2, 0) is 17.6 Å². The zero-order chi connectivity index (χ0) is 13.9. The van der Waals surface area contributed by atoms with Gasteiger partial charge >= 0.3 is 0 Å². The molecule has 1 nitrogen and oxygen atoms in total. The second kappa shape index (κ2) is 5.80. The molecule has 0 unspecified atom stereocenters. The van der Waals surface area contributed by atoms with Crippen LogP contribution in [0.2, 0.25) is 0 Å². The lowest BCUT2D eigenvalue weighted by atomic mass is 9.87. The largest absolute Gasteiger partial charge is 0.378 e. The average Bonchev–Trinajstić information content (AvgIpc) is 2.48. The summed E-state index contributed by atoms with van der Waals surface area (Å²) >= 11 is 0. The number of hydrogen-bond acceptors (Lipinski definition) is 1. The highest BCUT2D eigenvalue weighted by Gasteiger charge is 2.19. The van der Waals surface area contributed by atoms with Crippen molar-refractivity contribution in [2.75, 3.05) is 6.61 Å². The fourth-order valence-corrected chi connectivity index (χ4v) is 3.16. The first kappa shape index (κ1) is 13.4. The molecule has 0 fully saturated rings. The summed E-state index contributed by atoms with van der Waals surface area (Å²) in [6, 6.07) is 15.5. The first-order valence-corrected chi connectivity index (χ1v) is 7.57. The maximum Gasteiger partial charge on any atom is 0.0618 e. The van der Waals surface area contributed by atoms with Gasteiger partial charge in [-0.1, -0.05) is 42.5 Å². The van der Waals surface area contributed by atoms with E-state index in [9.17, 15) is 0 Å². The van der Waals surface area contributed by atoms with Crippen LogP contribution in [0.1, 0.15) is 30.0 Å². The lowest BCUT2D eigenvalue weighted by Crippen LogP contribution is -2.22. The van der Waals surface area contributed by atoms with Crippen LogP contribution in [0.4, 0.5) is 0 Å². The Bertz CT molecular complexity index is 600. The van der Waals surface area contributed by atoms with Crippen molar-refractivity contribution in [3.8, 4) is 11.1 Å². The first-order chi connectivity index (χ1) is 9.78. The van der Waals surface area contributed by atoms with Gasteiger partial charge in [0, 0.05) is 6.61 Å². The molecule has 0 N–H and O–H groups in total. The minimum absolute atomic E-state index is 0.414. The molecule has 0 saturated heterocycles. The Hall–Kier alpha value is -1.60. The topological polar surface area (TPSA) is 9.23 Å². The molecule has 3 rings (SSSR count). The van der Waals surface area contributed by atoms with Gasteiger partial charge in [0.25, 0.3) is 0 Å². The van der Waals surface area contributed by atoms with Crippen LogP contribution in [0.3, 0.4) is 0 Å². The molecule has 1 aliphatic carbocycles. The Labute approximate surface area is 121 Å². The lowest BCUT2D eigenvalue weighted by molar-refractivity contribution is 0.0535. The first-order valence-electron chi connectivity index (χ1n) is 7.57. The highest BCUT2D eigenvalue weighted by atomic mass is 16.5. The third-order valence-electron chi connectivity index (χ3n) is 4.25. The predicted molar refractivity (Wildman–Crippen MR) is 84.1 cm³/mol. The molecule has 2 aromatic carbocycles. The van der Waals surface area contributed by atoms with Crippen molar-refractivity contribution in [2.45, 2.75) is 39.2 Å². The fraction of sp³-hybridized carbons (Fsp3) is 0.368. The van der Waals surface area contributed by atoms with Gasteiger partial charge in [-0.3, -0.25) is 0 Å². The number of rotatable bonds is 3. The summed E-state index contributed by atoms with van der Waals surface area (Å²) in [4.78, 5) is 0. The smallest absolute Gasteiger partial charge is 0.0618 e. The number of hydrogen-bond donors (Lipinski definition) is 0. The second-order valence-electron chi connectivity index (χ2n) is 5.62. The third-order valence-corrected chi connectivity index (χ3v) is 4.25. The molecular weight excluding hydrogens is 244 g/mol. The van der Waals surface area contributed by atoms with Crippen molar-refractivity contribution < 1.29 is 4.74 Å². The van der Waals surface area contributed by atoms with Gasteiger partial charge in [0.15, 0.2) is 0 Å². The molecule has 0 radical (unpaired) electrons. The molecule has 0 saturated carbocycles. The molecule has 2 aromatic rings. The summed E-state index contributed by atoms with van der Waals surface area (Å²) in [6.07, 6.45) is 3.77. The normalized spacial score (nSPS) is 17.8. The van der Waals surface area contributed by atoms with E-state index in [0.29, 0.717) is 6.10 Å². The molecular formula is C19H22O. The maximum absolute atomic E-state index is 5.77. The van der Waals surface area contributed by atoms with Gasteiger partial charge in [0.05, 0.1) is 6.10 Å². The summed E-state index contributed by atoms with van der Waals surface area (Å²) in [5.41, 5.74) is 7.00. The van der Waals surface area contributed by atoms with Crippen LogP contribution in [-0.4, -0.2) is 12.7 Å². The monoisotopic (exact) mass is 266 g/mol. The highest BCUT2D eigenvalue weighted by Crippen LogP contribution is 2.29. The molecule has 1 aliphatic rings. The Balaban J connectivity index is 1.90. The van der Waals surface area contributed by atoms with Crippen molar-refractivity contribution in [1.82, 2.24) is 0 Å². The van der Waals surface area contributed by atoms with Crippen molar-refractivity contribution >= 4 is 0 Å². The van der Waals surface area contributed by atoms with Gasteiger partial charge in [0.2, 0.25) is 0 Å². The molecule has 0 amide bonds. The van der Waals surface area contributed by atoms with E-state index >= 15 is 0 Å². The van der Waals surface area contributed by atoms with E-state index in [4.69, 9.17) is 4.74 Å². The molecule has 0 heterocycles. The predicted octanol–water partition coefficient (Wildman–Crippen LogP) is 4.56. The zero-order valence-corrected chi connectivity index (χ0v) is 12.4. The van der Waals surface area contributed by atoms with E-state index in [1.807, 2.05) is 0 Å². The van der Waals surface area contributed by atoms with Crippen LogP contribution in [0.5, 0.6) is 0 Å². The molecule has 1 heteroatoms. The Morgan fingerprint density at radius 3 is 2.75 bits per heavy atom. The summed E-state index contributed by atoms with van der Waals surface area (Å²) in [6.45, 7) is 5.08. The average molecular weight is 266 g/mol. The van der Waals surface area contributed by atoms with Gasteiger partial charge in [-0.15, -0.1) is 0 Å². The van der Waals surface area contributed by atoms with E-state index in [-0.39, 0.29) is 0 Å². The van der Waals surface area contributed by atoms with Gasteiger partial charge in [0.1, 0.15) is 0 Å². The quantitative estimate of drug-likeness (QED) is 0.791. The third kappa shape index (κ3) is 2.64. The van der Waals surface area contributed by atoms with Crippen LogP contribution in [0.25, 0.3) is 11.1 Å². The summed E-state index contributed by atoms with van der Waals surface area (Å²) in [7, 11) is 0. The second-order valence-corrected chi connectivity index (χ2v) is 5.62. The Morgan fingerprint density at radius 2 is 1.95 bits per heavy atom. The summed E-state index contributed by atoms with van der Waals surface area (Å²) < 4.78 is 5.77. The van der Waals surface area contributed by atoms with E-state index < -0.39 is 0 Å². The van der Waals surface area contributed by atoms with Gasteiger partial charge in [-0.2, -0.15) is 0 Å². The van der Waals surface area contributed by atoms with E-state index in [1.54, 1.807) is 0 Å². The number of benzene rings is 2. The lowest BCUT2D eigenvalue weighted by Gasteiger charge is -2.25. The molecule has 104 valence electrons. The van der Waals surface area contributed by atoms with Crippen LogP contribution < -0.4 is 0 Å². The van der Waals surface area contributed by atoms with E-state index in [1.165, 1.54) is 27.8 Å². The zero-order valence-electron chi connectivity index (χ0n) is 12.4. The Morgan fingerprint density at radius 1 is 1.10 bits per heavy atom. The fourth-order valence-electron chi connectivity index (χ4n) is 3.16. The maximum atomic E-state index is 5.77. The van der Waals surface area contributed by atoms with Gasteiger partial charge < -0.3 is 4.74 Å². The van der Waals surface area contributed by atoms with Crippen LogP contribution >= 0.6 is 0 Å². The van der Waals surface area contributed by atoms with E-state index in [0.717, 1.165) is 25.9 Å². The number of aryl methyl sites for hydroxylation is 2. The summed E-state index contributed by atoms with van der Waals surface area (Å²) in [5, 5.41) is 0. The number of fused-ring (bicyclic) bond motifs is 1. The van der Waals surface area contributed by atoms with Gasteiger partial charge in [-0.05, 0) is 60.9 Å². The standard InChI is InChI=1S/C19H22O/c1-3-20-18-11-10-15-12-17(9-8-16(15)13-18)19-7-5-4-6-14(19)2/h4-9,12,18H,3,10-11,13H2,1-2H3/t18-/m0/s1. The van der Waals surface area contributed by atoms with Gasteiger partial charge in [-0.25, -0.2) is 0 Å². The summed E-state index contributed by atoms with van der Waals surface area (Å²) in [5.74, 6) is 0. The molecule has 0 spiro atoms. The van der Waals surface area contributed by atoms with Crippen LogP contribution in [0, 0.1) is 6.92 Å². The number of ether oxygens (including phenoxy) is 1. The molecule has 20 heavy (non-hydrogen) atoms. The van der Waals surface area contributed by atoms with Crippen molar-refractivity contribution in [3.05, 3.63) is 59.2 Å². The van der Waals surface area contributed by atoms with Crippen molar-refractivity contribution in [2.24, 2.45) is 0 Å². The Kier molecular flexibility index (Phi) is 3.88. The van der Waals surface area contributed by atoms with Crippen molar-refractivity contribution in [3.63, 3.8) is 0 Å². The van der Waals surface area contributed by atoms with Crippen molar-refractivity contribution in [1.29, 1.82) is 0 Å². The SMILES string of the molecule is CCO[C@H]1CCc2cc(-c3ccccc3C)ccc2C1. The minimum atomic E-state index is 0.414. The molecule has 0 aromatic heterocycles. The van der Waals surface area contributed by atoms with E-state index in [2.05, 4.69) is 56.3 Å². The highest BCUT2D eigenvalue weighted by molar-refractivity contribution is 5.68. The molecule has 1 atom stereocenters.